The standard InChI is InChI=1S/C24H27FN2O2/c1-17(2)27(15-20-6-4-5-18(3)13-20)16-22-11-12-23(29-22)24(28)26-14-19-7-9-21(25)10-8-19/h4-13,17H,14-16H2,1-3H3,(H,26,28). The maximum Gasteiger partial charge on any atom is 0.287 e. The van der Waals surface area contributed by atoms with Crippen molar-refractivity contribution < 1.29 is 13.6 Å². The van der Waals surface area contributed by atoms with Crippen LogP contribution in [0.25, 0.3) is 0 Å². The Bertz CT molecular complexity index is 948. The minimum atomic E-state index is -0.295. The van der Waals surface area contributed by atoms with Gasteiger partial charge in [-0.3, -0.25) is 9.69 Å². The summed E-state index contributed by atoms with van der Waals surface area (Å²) in [6, 6.07) is 18.4. The van der Waals surface area contributed by atoms with Gasteiger partial charge in [0.05, 0.1) is 6.54 Å². The molecule has 1 heterocycles. The smallest absolute Gasteiger partial charge is 0.287 e. The molecule has 1 aromatic heterocycles. The maximum absolute atomic E-state index is 13.0. The number of amides is 1. The zero-order valence-electron chi connectivity index (χ0n) is 17.1. The van der Waals surface area contributed by atoms with E-state index in [0.717, 1.165) is 17.9 Å². The zero-order valence-corrected chi connectivity index (χ0v) is 17.1. The van der Waals surface area contributed by atoms with Crippen molar-refractivity contribution in [3.8, 4) is 0 Å². The molecule has 29 heavy (non-hydrogen) atoms. The lowest BCUT2D eigenvalue weighted by atomic mass is 10.1. The Hall–Kier alpha value is -2.92. The van der Waals surface area contributed by atoms with Crippen molar-refractivity contribution >= 4 is 5.91 Å². The largest absolute Gasteiger partial charge is 0.455 e. The summed E-state index contributed by atoms with van der Waals surface area (Å²) in [4.78, 5) is 14.7. The van der Waals surface area contributed by atoms with Crippen LogP contribution in [0, 0.1) is 12.7 Å². The molecule has 0 aliphatic rings. The molecule has 3 aromatic rings. The Balaban J connectivity index is 1.59. The Morgan fingerprint density at radius 3 is 2.48 bits per heavy atom. The highest BCUT2D eigenvalue weighted by molar-refractivity contribution is 5.91. The second-order valence-electron chi connectivity index (χ2n) is 7.56. The van der Waals surface area contributed by atoms with E-state index in [2.05, 4.69) is 55.3 Å². The summed E-state index contributed by atoms with van der Waals surface area (Å²) in [5, 5.41) is 2.80. The van der Waals surface area contributed by atoms with Gasteiger partial charge in [-0.2, -0.15) is 0 Å². The lowest BCUT2D eigenvalue weighted by molar-refractivity contribution is 0.0917. The zero-order chi connectivity index (χ0) is 20.8. The number of nitrogens with zero attached hydrogens (tertiary/aromatic N) is 1. The van der Waals surface area contributed by atoms with E-state index in [1.807, 2.05) is 6.07 Å². The highest BCUT2D eigenvalue weighted by atomic mass is 19.1. The van der Waals surface area contributed by atoms with Crippen LogP contribution in [0.4, 0.5) is 4.39 Å². The Kier molecular flexibility index (Phi) is 6.83. The predicted molar refractivity (Wildman–Crippen MR) is 112 cm³/mol. The van der Waals surface area contributed by atoms with E-state index in [1.54, 1.807) is 18.2 Å². The number of aryl methyl sites for hydroxylation is 1. The summed E-state index contributed by atoms with van der Waals surface area (Å²) >= 11 is 0. The second-order valence-corrected chi connectivity index (χ2v) is 7.56. The lowest BCUT2D eigenvalue weighted by Gasteiger charge is -2.25. The molecule has 152 valence electrons. The molecule has 0 saturated heterocycles. The van der Waals surface area contributed by atoms with Gasteiger partial charge in [-0.1, -0.05) is 42.0 Å². The lowest BCUT2D eigenvalue weighted by Crippen LogP contribution is -2.29. The van der Waals surface area contributed by atoms with Crippen molar-refractivity contribution in [1.29, 1.82) is 0 Å². The van der Waals surface area contributed by atoms with Crippen LogP contribution < -0.4 is 5.32 Å². The van der Waals surface area contributed by atoms with Gasteiger partial charge in [0.15, 0.2) is 5.76 Å². The molecular formula is C24H27FN2O2. The number of carbonyl (C=O) groups excluding carboxylic acids is 1. The van der Waals surface area contributed by atoms with Crippen LogP contribution in [0.3, 0.4) is 0 Å². The van der Waals surface area contributed by atoms with Gasteiger partial charge in [0.25, 0.3) is 5.91 Å². The molecule has 0 fully saturated rings. The summed E-state index contributed by atoms with van der Waals surface area (Å²) in [6.45, 7) is 8.14. The molecule has 0 aliphatic carbocycles. The van der Waals surface area contributed by atoms with Crippen LogP contribution in [0.5, 0.6) is 0 Å². The number of halogens is 1. The van der Waals surface area contributed by atoms with Gasteiger partial charge in [0.2, 0.25) is 0 Å². The van der Waals surface area contributed by atoms with Crippen LogP contribution in [-0.2, 0) is 19.6 Å². The first kappa shape index (κ1) is 20.8. The third kappa shape index (κ3) is 6.03. The van der Waals surface area contributed by atoms with Crippen molar-refractivity contribution in [1.82, 2.24) is 10.2 Å². The third-order valence-corrected chi connectivity index (χ3v) is 4.81. The average molecular weight is 394 g/mol. The fraction of sp³-hybridized carbons (Fsp3) is 0.292. The van der Waals surface area contributed by atoms with Crippen LogP contribution in [-0.4, -0.2) is 16.8 Å². The molecular weight excluding hydrogens is 367 g/mol. The molecule has 0 radical (unpaired) electrons. The van der Waals surface area contributed by atoms with E-state index in [4.69, 9.17) is 4.42 Å². The van der Waals surface area contributed by atoms with Gasteiger partial charge in [0.1, 0.15) is 11.6 Å². The molecule has 0 atom stereocenters. The number of carbonyl (C=O) groups is 1. The van der Waals surface area contributed by atoms with Crippen molar-refractivity contribution in [2.24, 2.45) is 0 Å². The van der Waals surface area contributed by atoms with Crippen molar-refractivity contribution in [3.05, 3.63) is 94.7 Å². The summed E-state index contributed by atoms with van der Waals surface area (Å²) in [5.74, 6) is 0.450. The Morgan fingerprint density at radius 2 is 1.79 bits per heavy atom. The summed E-state index contributed by atoms with van der Waals surface area (Å²) < 4.78 is 18.7. The van der Waals surface area contributed by atoms with Crippen molar-refractivity contribution in [2.45, 2.75) is 46.4 Å². The fourth-order valence-electron chi connectivity index (χ4n) is 3.12. The number of hydrogen-bond acceptors (Lipinski definition) is 3. The molecule has 3 rings (SSSR count). The molecule has 0 unspecified atom stereocenters. The van der Waals surface area contributed by atoms with Gasteiger partial charge in [-0.15, -0.1) is 0 Å². The van der Waals surface area contributed by atoms with Gasteiger partial charge in [0, 0.05) is 19.1 Å². The first-order chi connectivity index (χ1) is 13.9. The van der Waals surface area contributed by atoms with E-state index in [1.165, 1.54) is 23.3 Å². The number of benzene rings is 2. The van der Waals surface area contributed by atoms with E-state index >= 15 is 0 Å². The first-order valence-electron chi connectivity index (χ1n) is 9.81. The summed E-state index contributed by atoms with van der Waals surface area (Å²) in [7, 11) is 0. The van der Waals surface area contributed by atoms with E-state index in [-0.39, 0.29) is 17.5 Å². The molecule has 0 bridgehead atoms. The van der Waals surface area contributed by atoms with E-state index in [0.29, 0.717) is 19.1 Å². The van der Waals surface area contributed by atoms with Gasteiger partial charge < -0.3 is 9.73 Å². The minimum absolute atomic E-state index is 0.279. The topological polar surface area (TPSA) is 45.5 Å². The molecule has 0 aliphatic heterocycles. The quantitative estimate of drug-likeness (QED) is 0.580. The van der Waals surface area contributed by atoms with Crippen LogP contribution in [0.15, 0.2) is 65.1 Å². The molecule has 1 amide bonds. The Morgan fingerprint density at radius 1 is 1.03 bits per heavy atom. The highest BCUT2D eigenvalue weighted by Crippen LogP contribution is 2.16. The van der Waals surface area contributed by atoms with Gasteiger partial charge in [-0.25, -0.2) is 4.39 Å². The maximum atomic E-state index is 13.0. The predicted octanol–water partition coefficient (Wildman–Crippen LogP) is 5.07. The Labute approximate surface area is 171 Å². The second kappa shape index (κ2) is 9.52. The van der Waals surface area contributed by atoms with Gasteiger partial charge >= 0.3 is 0 Å². The molecule has 0 saturated carbocycles. The fourth-order valence-corrected chi connectivity index (χ4v) is 3.12. The van der Waals surface area contributed by atoms with Crippen molar-refractivity contribution in [3.63, 3.8) is 0 Å². The first-order valence-corrected chi connectivity index (χ1v) is 9.81. The summed E-state index contributed by atoms with van der Waals surface area (Å²) in [6.07, 6.45) is 0. The minimum Gasteiger partial charge on any atom is -0.455 e. The monoisotopic (exact) mass is 394 g/mol. The number of hydrogen-bond donors (Lipinski definition) is 1. The molecule has 1 N–H and O–H groups in total. The van der Waals surface area contributed by atoms with E-state index < -0.39 is 0 Å². The normalized spacial score (nSPS) is 11.2. The number of furan rings is 1. The highest BCUT2D eigenvalue weighted by Gasteiger charge is 2.16. The van der Waals surface area contributed by atoms with E-state index in [9.17, 15) is 9.18 Å². The number of nitrogens with one attached hydrogen (secondary N) is 1. The van der Waals surface area contributed by atoms with Gasteiger partial charge in [-0.05, 0) is 56.2 Å². The summed E-state index contributed by atoms with van der Waals surface area (Å²) in [5.41, 5.74) is 3.32. The third-order valence-electron chi connectivity index (χ3n) is 4.81. The molecule has 0 spiro atoms. The molecule has 5 heteroatoms. The molecule has 4 nitrogen and oxygen atoms in total. The molecule has 2 aromatic carbocycles. The SMILES string of the molecule is Cc1cccc(CN(Cc2ccc(C(=O)NCc3ccc(F)cc3)o2)C(C)C)c1. The van der Waals surface area contributed by atoms with Crippen LogP contribution in [0.2, 0.25) is 0 Å². The number of rotatable bonds is 8. The average Bonchev–Trinajstić information content (AvgIpc) is 3.15. The van der Waals surface area contributed by atoms with Crippen LogP contribution >= 0.6 is 0 Å². The van der Waals surface area contributed by atoms with Crippen LogP contribution in [0.1, 0.15) is 46.9 Å². The van der Waals surface area contributed by atoms with Crippen molar-refractivity contribution in [2.75, 3.05) is 0 Å².